The van der Waals surface area contributed by atoms with Gasteiger partial charge >= 0.3 is 57.3 Å². The van der Waals surface area contributed by atoms with E-state index < -0.39 is 11.9 Å². The SMILES string of the molecule is O=C(O)C[Se]CC(=O)O. The van der Waals surface area contributed by atoms with E-state index in [-0.39, 0.29) is 25.6 Å². The van der Waals surface area contributed by atoms with Crippen LogP contribution in [0, 0.1) is 0 Å². The van der Waals surface area contributed by atoms with E-state index in [1.807, 2.05) is 0 Å². The van der Waals surface area contributed by atoms with Crippen LogP contribution in [0.2, 0.25) is 10.6 Å². The summed E-state index contributed by atoms with van der Waals surface area (Å²) in [5.74, 6) is -1.84. The molecule has 0 atom stereocenters. The first-order valence-electron chi connectivity index (χ1n) is 2.14. The molecule has 0 aliphatic heterocycles. The van der Waals surface area contributed by atoms with Crippen molar-refractivity contribution in [3.8, 4) is 0 Å². The van der Waals surface area contributed by atoms with Crippen molar-refractivity contribution in [2.24, 2.45) is 0 Å². The monoisotopic (exact) mass is 198 g/mol. The second-order valence-electron chi connectivity index (χ2n) is 1.28. The third-order valence-electron chi connectivity index (χ3n) is 0.451. The van der Waals surface area contributed by atoms with Crippen LogP contribution in [0.5, 0.6) is 0 Å². The van der Waals surface area contributed by atoms with Gasteiger partial charge < -0.3 is 0 Å². The maximum atomic E-state index is 9.80. The van der Waals surface area contributed by atoms with Crippen LogP contribution in [-0.2, 0) is 9.59 Å². The van der Waals surface area contributed by atoms with Crippen LogP contribution in [0.4, 0.5) is 0 Å². The average Bonchev–Trinajstić information content (AvgIpc) is 1.63. The Balaban J connectivity index is 3.10. The van der Waals surface area contributed by atoms with Crippen molar-refractivity contribution in [2.75, 3.05) is 0 Å². The van der Waals surface area contributed by atoms with Crippen molar-refractivity contribution in [1.29, 1.82) is 0 Å². The molecular weight excluding hydrogens is 191 g/mol. The van der Waals surface area contributed by atoms with Crippen LogP contribution in [0.15, 0.2) is 0 Å². The van der Waals surface area contributed by atoms with Crippen molar-refractivity contribution in [3.63, 3.8) is 0 Å². The van der Waals surface area contributed by atoms with E-state index in [2.05, 4.69) is 0 Å². The molecule has 0 unspecified atom stereocenters. The number of hydrogen-bond acceptors (Lipinski definition) is 2. The van der Waals surface area contributed by atoms with Gasteiger partial charge in [0.2, 0.25) is 0 Å². The molecule has 0 saturated carbocycles. The Morgan fingerprint density at radius 2 is 1.44 bits per heavy atom. The Labute approximate surface area is 58.0 Å². The number of carboxylic acid groups (broad SMARTS) is 2. The zero-order valence-electron chi connectivity index (χ0n) is 4.53. The number of carbonyl (C=O) groups is 2. The molecule has 5 heteroatoms. The molecule has 4 nitrogen and oxygen atoms in total. The van der Waals surface area contributed by atoms with Gasteiger partial charge in [-0.2, -0.15) is 0 Å². The molecule has 0 bridgehead atoms. The first kappa shape index (κ1) is 8.46. The van der Waals surface area contributed by atoms with Gasteiger partial charge in [-0.25, -0.2) is 0 Å². The predicted octanol–water partition coefficient (Wildman–Crippen LogP) is -0.304. The van der Waals surface area contributed by atoms with Crippen molar-refractivity contribution in [3.05, 3.63) is 0 Å². The minimum atomic E-state index is -0.920. The van der Waals surface area contributed by atoms with Crippen molar-refractivity contribution < 1.29 is 19.8 Å². The summed E-state index contributed by atoms with van der Waals surface area (Å²) < 4.78 is 0. The molecule has 0 aromatic carbocycles. The molecule has 0 heterocycles. The van der Waals surface area contributed by atoms with Gasteiger partial charge in [0, 0.05) is 0 Å². The molecule has 0 spiro atoms. The van der Waals surface area contributed by atoms with Gasteiger partial charge in [0.25, 0.3) is 0 Å². The molecule has 0 rings (SSSR count). The van der Waals surface area contributed by atoms with E-state index in [1.165, 1.54) is 0 Å². The number of carboxylic acids is 2. The number of aliphatic carboxylic acids is 2. The summed E-state index contributed by atoms with van der Waals surface area (Å²) in [7, 11) is 0. The third kappa shape index (κ3) is 7.46. The zero-order chi connectivity index (χ0) is 7.28. The fourth-order valence-corrected chi connectivity index (χ4v) is 1.17. The van der Waals surface area contributed by atoms with Crippen LogP contribution in [0.1, 0.15) is 0 Å². The van der Waals surface area contributed by atoms with Gasteiger partial charge in [0.05, 0.1) is 0 Å². The van der Waals surface area contributed by atoms with E-state index in [1.54, 1.807) is 0 Å². The Morgan fingerprint density at radius 1 is 1.11 bits per heavy atom. The van der Waals surface area contributed by atoms with E-state index in [9.17, 15) is 9.59 Å². The summed E-state index contributed by atoms with van der Waals surface area (Å²) in [5.41, 5.74) is 0. The molecule has 2 N–H and O–H groups in total. The number of rotatable bonds is 4. The van der Waals surface area contributed by atoms with E-state index >= 15 is 0 Å². The predicted molar refractivity (Wildman–Crippen MR) is 30.6 cm³/mol. The second-order valence-corrected chi connectivity index (χ2v) is 3.35. The quantitative estimate of drug-likeness (QED) is 0.606. The molecule has 0 fully saturated rings. The molecule has 0 aliphatic rings. The molecule has 9 heavy (non-hydrogen) atoms. The normalized spacial score (nSPS) is 8.89. The summed E-state index contributed by atoms with van der Waals surface area (Å²) in [6.45, 7) is 0. The molecular formula is C4H6O4Se. The third-order valence-corrected chi connectivity index (χ3v) is 2.34. The standard InChI is InChI=1S/C4H6O4Se/c5-3(6)1-9-2-4(7)8/h1-2H2,(H,5,6)(H,7,8). The molecule has 0 saturated heterocycles. The molecule has 0 amide bonds. The molecule has 0 aromatic rings. The van der Waals surface area contributed by atoms with E-state index in [0.29, 0.717) is 0 Å². The van der Waals surface area contributed by atoms with Gasteiger partial charge in [-0.05, 0) is 0 Å². The second kappa shape index (κ2) is 4.35. The summed E-state index contributed by atoms with van der Waals surface area (Å²) in [6, 6.07) is 0. The molecule has 0 aromatic heterocycles. The topological polar surface area (TPSA) is 74.6 Å². The summed E-state index contributed by atoms with van der Waals surface area (Å²) in [5, 5.41) is 16.1. The summed E-state index contributed by atoms with van der Waals surface area (Å²) in [6.07, 6.45) is 0. The van der Waals surface area contributed by atoms with Crippen LogP contribution in [0.25, 0.3) is 0 Å². The van der Waals surface area contributed by atoms with Gasteiger partial charge in [-0.3, -0.25) is 0 Å². The molecule has 52 valence electrons. The van der Waals surface area contributed by atoms with Crippen molar-refractivity contribution in [2.45, 2.75) is 10.6 Å². The fourth-order valence-electron chi connectivity index (χ4n) is 0.226. The van der Waals surface area contributed by atoms with E-state index in [4.69, 9.17) is 10.2 Å². The minimum absolute atomic E-state index is 0.000694. The maximum absolute atomic E-state index is 9.80. The number of hydrogen-bond donors (Lipinski definition) is 2. The first-order valence-corrected chi connectivity index (χ1v) is 4.56. The Hall–Kier alpha value is -0.541. The summed E-state index contributed by atoms with van der Waals surface area (Å²) >= 11 is -0.280. The van der Waals surface area contributed by atoms with E-state index in [0.717, 1.165) is 0 Å². The zero-order valence-corrected chi connectivity index (χ0v) is 6.25. The Kier molecular flexibility index (Phi) is 4.09. The molecule has 0 radical (unpaired) electrons. The van der Waals surface area contributed by atoms with Gasteiger partial charge in [0.1, 0.15) is 0 Å². The van der Waals surface area contributed by atoms with Crippen LogP contribution < -0.4 is 0 Å². The average molecular weight is 197 g/mol. The molecule has 0 aliphatic carbocycles. The fraction of sp³-hybridized carbons (Fsp3) is 0.500. The van der Waals surface area contributed by atoms with Gasteiger partial charge in [-0.15, -0.1) is 0 Å². The van der Waals surface area contributed by atoms with Crippen molar-refractivity contribution >= 4 is 26.9 Å². The van der Waals surface area contributed by atoms with Gasteiger partial charge in [-0.1, -0.05) is 0 Å². The van der Waals surface area contributed by atoms with Crippen molar-refractivity contribution in [1.82, 2.24) is 0 Å². The summed E-state index contributed by atoms with van der Waals surface area (Å²) in [4.78, 5) is 19.6. The van der Waals surface area contributed by atoms with Gasteiger partial charge in [0.15, 0.2) is 0 Å². The Morgan fingerprint density at radius 3 is 1.67 bits per heavy atom. The first-order chi connectivity index (χ1) is 4.13. The van der Waals surface area contributed by atoms with Crippen LogP contribution in [-0.4, -0.2) is 37.1 Å². The van der Waals surface area contributed by atoms with Crippen LogP contribution >= 0.6 is 0 Å². The Bertz CT molecular complexity index is 108. The van der Waals surface area contributed by atoms with Crippen LogP contribution in [0.3, 0.4) is 0 Å².